The number of amides is 1. The van der Waals surface area contributed by atoms with Gasteiger partial charge in [0.2, 0.25) is 0 Å². The molecule has 1 amide bonds. The zero-order chi connectivity index (χ0) is 16.3. The molecule has 22 heavy (non-hydrogen) atoms. The Balaban J connectivity index is 1.95. The van der Waals surface area contributed by atoms with E-state index in [1.165, 1.54) is 18.2 Å². The summed E-state index contributed by atoms with van der Waals surface area (Å²) in [7, 11) is 0. The second kappa shape index (κ2) is 7.34. The molecule has 6 heteroatoms. The van der Waals surface area contributed by atoms with Gasteiger partial charge in [-0.3, -0.25) is 4.79 Å². The quantitative estimate of drug-likeness (QED) is 0.781. The van der Waals surface area contributed by atoms with Gasteiger partial charge in [-0.1, -0.05) is 23.2 Å². The van der Waals surface area contributed by atoms with Crippen LogP contribution in [0.1, 0.15) is 43.5 Å². The maximum absolute atomic E-state index is 12.3. The molecule has 0 bridgehead atoms. The summed E-state index contributed by atoms with van der Waals surface area (Å²) in [6.07, 6.45) is 3.09. The zero-order valence-electron chi connectivity index (χ0n) is 12.6. The van der Waals surface area contributed by atoms with Gasteiger partial charge in [0.05, 0.1) is 15.6 Å². The summed E-state index contributed by atoms with van der Waals surface area (Å²) in [5.41, 5.74) is 0.280. The van der Waals surface area contributed by atoms with Gasteiger partial charge in [-0.15, -0.1) is 0 Å². The first-order chi connectivity index (χ1) is 10.4. The first kappa shape index (κ1) is 17.1. The van der Waals surface area contributed by atoms with Crippen LogP contribution in [0.5, 0.6) is 0 Å². The molecule has 4 nitrogen and oxygen atoms in total. The van der Waals surface area contributed by atoms with Gasteiger partial charge in [-0.2, -0.15) is 0 Å². The number of nitrogens with zero attached hydrogens (tertiary/aromatic N) is 1. The molecule has 1 heterocycles. The zero-order valence-corrected chi connectivity index (χ0v) is 14.2. The number of piperidine rings is 1. The Morgan fingerprint density at radius 2 is 1.82 bits per heavy atom. The van der Waals surface area contributed by atoms with Crippen molar-refractivity contribution in [2.75, 3.05) is 6.61 Å². The van der Waals surface area contributed by atoms with Crippen LogP contribution in [-0.2, 0) is 9.53 Å². The third kappa shape index (κ3) is 3.93. The van der Waals surface area contributed by atoms with Crippen LogP contribution in [0.3, 0.4) is 0 Å². The number of benzene rings is 1. The average molecular weight is 344 g/mol. The number of halogens is 2. The van der Waals surface area contributed by atoms with Crippen molar-refractivity contribution in [1.29, 1.82) is 0 Å². The fourth-order valence-electron chi connectivity index (χ4n) is 2.82. The smallest absolute Gasteiger partial charge is 0.338 e. The number of ether oxygens (including phenoxy) is 1. The molecule has 2 atom stereocenters. The molecular weight excluding hydrogens is 325 g/mol. The van der Waals surface area contributed by atoms with Gasteiger partial charge in [0.15, 0.2) is 6.61 Å². The van der Waals surface area contributed by atoms with Crippen molar-refractivity contribution in [3.8, 4) is 0 Å². The highest BCUT2D eigenvalue weighted by Crippen LogP contribution is 2.24. The normalized spacial score (nSPS) is 21.5. The Bertz CT molecular complexity index is 567. The summed E-state index contributed by atoms with van der Waals surface area (Å²) in [4.78, 5) is 26.1. The molecule has 1 aromatic rings. The van der Waals surface area contributed by atoms with Crippen molar-refractivity contribution in [1.82, 2.24) is 4.90 Å². The van der Waals surface area contributed by atoms with Crippen molar-refractivity contribution in [2.24, 2.45) is 0 Å². The molecule has 0 aliphatic carbocycles. The maximum atomic E-state index is 12.3. The number of likely N-dealkylation sites (tertiary alicyclic amines) is 1. The molecule has 120 valence electrons. The molecule has 0 radical (unpaired) electrons. The predicted molar refractivity (Wildman–Crippen MR) is 86.4 cm³/mol. The molecule has 0 N–H and O–H groups in total. The Morgan fingerprint density at radius 3 is 2.41 bits per heavy atom. The minimum Gasteiger partial charge on any atom is -0.452 e. The first-order valence-electron chi connectivity index (χ1n) is 7.33. The highest BCUT2D eigenvalue weighted by atomic mass is 35.5. The van der Waals surface area contributed by atoms with E-state index in [9.17, 15) is 9.59 Å². The summed E-state index contributed by atoms with van der Waals surface area (Å²) in [6, 6.07) is 4.84. The van der Waals surface area contributed by atoms with Crippen LogP contribution in [0, 0.1) is 0 Å². The Hall–Kier alpha value is -1.26. The van der Waals surface area contributed by atoms with Gasteiger partial charge in [0.25, 0.3) is 5.91 Å². The van der Waals surface area contributed by atoms with Crippen molar-refractivity contribution >= 4 is 35.1 Å². The van der Waals surface area contributed by atoms with Crippen molar-refractivity contribution in [2.45, 2.75) is 45.2 Å². The van der Waals surface area contributed by atoms with Crippen molar-refractivity contribution in [3.63, 3.8) is 0 Å². The van der Waals surface area contributed by atoms with Gasteiger partial charge < -0.3 is 9.64 Å². The lowest BCUT2D eigenvalue weighted by atomic mass is 9.97. The number of hydrogen-bond donors (Lipinski definition) is 0. The second-order valence-corrected chi connectivity index (χ2v) is 6.45. The van der Waals surface area contributed by atoms with E-state index < -0.39 is 5.97 Å². The number of rotatable bonds is 3. The maximum Gasteiger partial charge on any atom is 0.338 e. The van der Waals surface area contributed by atoms with E-state index in [0.29, 0.717) is 5.02 Å². The third-order valence-corrected chi connectivity index (χ3v) is 4.70. The number of carbonyl (C=O) groups is 2. The van der Waals surface area contributed by atoms with Gasteiger partial charge in [-0.25, -0.2) is 4.79 Å². The van der Waals surface area contributed by atoms with Crippen molar-refractivity contribution < 1.29 is 14.3 Å². The Labute approximate surface area is 140 Å². The molecule has 0 aromatic heterocycles. The number of esters is 1. The van der Waals surface area contributed by atoms with E-state index in [1.54, 1.807) is 0 Å². The van der Waals surface area contributed by atoms with Crippen LogP contribution < -0.4 is 0 Å². The summed E-state index contributed by atoms with van der Waals surface area (Å²) >= 11 is 11.7. The predicted octanol–water partition coefficient (Wildman–Crippen LogP) is 3.94. The largest absolute Gasteiger partial charge is 0.452 e. The van der Waals surface area contributed by atoms with E-state index in [2.05, 4.69) is 0 Å². The van der Waals surface area contributed by atoms with Crippen molar-refractivity contribution in [3.05, 3.63) is 33.8 Å². The number of hydrogen-bond acceptors (Lipinski definition) is 3. The SMILES string of the molecule is CC1CCCC(C)N1C(=O)COC(=O)c1ccc(Cl)c(Cl)c1. The molecule has 1 aromatic carbocycles. The monoisotopic (exact) mass is 343 g/mol. The summed E-state index contributed by atoms with van der Waals surface area (Å²) in [6.45, 7) is 3.79. The van der Waals surface area contributed by atoms with Gasteiger partial charge in [0.1, 0.15) is 0 Å². The lowest BCUT2D eigenvalue weighted by Crippen LogP contribution is -2.49. The van der Waals surface area contributed by atoms with E-state index in [4.69, 9.17) is 27.9 Å². The average Bonchev–Trinajstić information content (AvgIpc) is 2.47. The fraction of sp³-hybridized carbons (Fsp3) is 0.500. The van der Waals surface area contributed by atoms with Gasteiger partial charge >= 0.3 is 5.97 Å². The lowest BCUT2D eigenvalue weighted by molar-refractivity contribution is -0.140. The number of carbonyl (C=O) groups excluding carboxylic acids is 2. The summed E-state index contributed by atoms with van der Waals surface area (Å²) < 4.78 is 5.10. The van der Waals surface area contributed by atoms with E-state index in [1.807, 2.05) is 18.7 Å². The minimum atomic E-state index is -0.579. The summed E-state index contributed by atoms with van der Waals surface area (Å²) in [5.74, 6) is -0.739. The highest BCUT2D eigenvalue weighted by molar-refractivity contribution is 6.42. The molecule has 1 aliphatic rings. The molecule has 1 saturated heterocycles. The van der Waals surface area contributed by atoms with Crippen LogP contribution in [-0.4, -0.2) is 35.5 Å². The van der Waals surface area contributed by atoms with Gasteiger partial charge in [-0.05, 0) is 51.3 Å². The third-order valence-electron chi connectivity index (χ3n) is 3.96. The summed E-state index contributed by atoms with van der Waals surface area (Å²) in [5, 5.41) is 0.644. The molecule has 0 saturated carbocycles. The Morgan fingerprint density at radius 1 is 1.18 bits per heavy atom. The molecule has 0 spiro atoms. The molecular formula is C16H19Cl2NO3. The van der Waals surface area contributed by atoms with E-state index in [-0.39, 0.29) is 35.2 Å². The highest BCUT2D eigenvalue weighted by Gasteiger charge is 2.29. The van der Waals surface area contributed by atoms with Crippen LogP contribution in [0.15, 0.2) is 18.2 Å². The van der Waals surface area contributed by atoms with Crippen LogP contribution in [0.2, 0.25) is 10.0 Å². The van der Waals surface area contributed by atoms with Gasteiger partial charge in [0, 0.05) is 12.1 Å². The standard InChI is InChI=1S/C16H19Cl2NO3/c1-10-4-3-5-11(2)19(10)15(20)9-22-16(21)12-6-7-13(17)14(18)8-12/h6-8,10-11H,3-5,9H2,1-2H3. The first-order valence-corrected chi connectivity index (χ1v) is 8.09. The molecule has 2 rings (SSSR count). The van der Waals surface area contributed by atoms with Crippen LogP contribution >= 0.6 is 23.2 Å². The second-order valence-electron chi connectivity index (χ2n) is 5.63. The Kier molecular flexibility index (Phi) is 5.70. The van der Waals surface area contributed by atoms with Crippen LogP contribution in [0.4, 0.5) is 0 Å². The van der Waals surface area contributed by atoms with Crippen LogP contribution in [0.25, 0.3) is 0 Å². The van der Waals surface area contributed by atoms with E-state index >= 15 is 0 Å². The molecule has 1 aliphatic heterocycles. The molecule has 1 fully saturated rings. The fourth-order valence-corrected chi connectivity index (χ4v) is 3.12. The van der Waals surface area contributed by atoms with E-state index in [0.717, 1.165) is 19.3 Å². The minimum absolute atomic E-state index is 0.159. The lowest BCUT2D eigenvalue weighted by Gasteiger charge is -2.38. The topological polar surface area (TPSA) is 46.6 Å². The molecule has 2 unspecified atom stereocenters.